The summed E-state index contributed by atoms with van der Waals surface area (Å²) in [7, 11) is 0. The van der Waals surface area contributed by atoms with Crippen molar-refractivity contribution in [1.29, 1.82) is 0 Å². The molecule has 4 nitrogen and oxygen atoms in total. The first-order chi connectivity index (χ1) is 8.07. The molecule has 1 saturated heterocycles. The van der Waals surface area contributed by atoms with Gasteiger partial charge in [-0.05, 0) is 25.2 Å². The molecule has 1 rings (SSSR count). The van der Waals surface area contributed by atoms with Gasteiger partial charge in [0.15, 0.2) is 0 Å². The van der Waals surface area contributed by atoms with Crippen LogP contribution in [-0.4, -0.2) is 34.8 Å². The van der Waals surface area contributed by atoms with Crippen molar-refractivity contribution in [3.63, 3.8) is 0 Å². The molecule has 0 radical (unpaired) electrons. The van der Waals surface area contributed by atoms with E-state index in [4.69, 9.17) is 0 Å². The number of hydrogen-bond acceptors (Lipinski definition) is 2. The molecular formula is C14H26N2O2. The largest absolute Gasteiger partial charge is 0.343 e. The highest BCUT2D eigenvalue weighted by molar-refractivity contribution is 5.97. The summed E-state index contributed by atoms with van der Waals surface area (Å²) in [4.78, 5) is 26.3. The number of amides is 2. The summed E-state index contributed by atoms with van der Waals surface area (Å²) < 4.78 is 0. The molecule has 1 N–H and O–H groups in total. The average molecular weight is 254 g/mol. The van der Waals surface area contributed by atoms with E-state index in [-0.39, 0.29) is 35.2 Å². The Labute approximate surface area is 110 Å². The highest BCUT2D eigenvalue weighted by atomic mass is 16.2. The van der Waals surface area contributed by atoms with Crippen molar-refractivity contribution in [3.8, 4) is 0 Å². The highest BCUT2D eigenvalue weighted by Crippen LogP contribution is 2.30. The number of nitrogens with zero attached hydrogens (tertiary/aromatic N) is 1. The maximum Gasteiger partial charge on any atom is 0.245 e. The summed E-state index contributed by atoms with van der Waals surface area (Å²) in [5.41, 5.74) is -0.0415. The van der Waals surface area contributed by atoms with Gasteiger partial charge >= 0.3 is 0 Å². The molecule has 1 heterocycles. The van der Waals surface area contributed by atoms with E-state index in [1.807, 2.05) is 20.8 Å². The van der Waals surface area contributed by atoms with Crippen LogP contribution in [0.25, 0.3) is 0 Å². The number of carbonyl (C=O) groups excluding carboxylic acids is 2. The summed E-state index contributed by atoms with van der Waals surface area (Å²) in [5, 5.41) is 2.77. The van der Waals surface area contributed by atoms with Crippen LogP contribution < -0.4 is 5.32 Å². The molecule has 2 amide bonds. The molecule has 0 spiro atoms. The topological polar surface area (TPSA) is 49.4 Å². The van der Waals surface area contributed by atoms with Gasteiger partial charge in [0.2, 0.25) is 11.8 Å². The van der Waals surface area contributed by atoms with Crippen molar-refractivity contribution < 1.29 is 9.59 Å². The number of hydrogen-bond donors (Lipinski definition) is 1. The summed E-state index contributed by atoms with van der Waals surface area (Å²) in [6.07, 6.45) is 0. The Bertz CT molecular complexity index is 344. The lowest BCUT2D eigenvalue weighted by Crippen LogP contribution is -2.67. The lowest BCUT2D eigenvalue weighted by atomic mass is 9.83. The maximum atomic E-state index is 12.4. The van der Waals surface area contributed by atoms with Gasteiger partial charge in [0.05, 0.1) is 0 Å². The normalized spacial score (nSPS) is 27.4. The van der Waals surface area contributed by atoms with Crippen LogP contribution >= 0.6 is 0 Å². The van der Waals surface area contributed by atoms with Gasteiger partial charge in [-0.3, -0.25) is 9.59 Å². The lowest BCUT2D eigenvalue weighted by molar-refractivity contribution is -0.155. The fourth-order valence-corrected chi connectivity index (χ4v) is 2.32. The van der Waals surface area contributed by atoms with E-state index in [0.717, 1.165) is 0 Å². The molecule has 1 aliphatic rings. The molecule has 1 aliphatic heterocycles. The minimum atomic E-state index is -0.419. The molecular weight excluding hydrogens is 228 g/mol. The van der Waals surface area contributed by atoms with Crippen molar-refractivity contribution in [3.05, 3.63) is 0 Å². The standard InChI is InChI=1S/C14H26N2O2/c1-8(2)11-12(17)15-9(3)13(18)16(11)10(4)14(5,6)7/h8-11H,1-7H3,(H,15,17). The van der Waals surface area contributed by atoms with Crippen LogP contribution in [0.3, 0.4) is 0 Å². The zero-order valence-electron chi connectivity index (χ0n) is 12.6. The van der Waals surface area contributed by atoms with Crippen LogP contribution in [-0.2, 0) is 9.59 Å². The number of carbonyl (C=O) groups is 2. The van der Waals surface area contributed by atoms with Gasteiger partial charge in [-0.1, -0.05) is 34.6 Å². The van der Waals surface area contributed by atoms with E-state index in [1.54, 1.807) is 11.8 Å². The van der Waals surface area contributed by atoms with Gasteiger partial charge in [-0.15, -0.1) is 0 Å². The molecule has 4 heteroatoms. The van der Waals surface area contributed by atoms with E-state index >= 15 is 0 Å². The quantitative estimate of drug-likeness (QED) is 0.817. The zero-order chi connectivity index (χ0) is 14.2. The van der Waals surface area contributed by atoms with Crippen LogP contribution in [0.1, 0.15) is 48.5 Å². The van der Waals surface area contributed by atoms with Gasteiger partial charge in [-0.2, -0.15) is 0 Å². The first kappa shape index (κ1) is 15.0. The van der Waals surface area contributed by atoms with Crippen LogP contribution in [0.5, 0.6) is 0 Å². The number of rotatable bonds is 2. The summed E-state index contributed by atoms with van der Waals surface area (Å²) in [5.74, 6) is 0.107. The Morgan fingerprint density at radius 3 is 2.06 bits per heavy atom. The fourth-order valence-electron chi connectivity index (χ4n) is 2.32. The second-order valence-corrected chi connectivity index (χ2v) is 6.71. The lowest BCUT2D eigenvalue weighted by Gasteiger charge is -2.47. The highest BCUT2D eigenvalue weighted by Gasteiger charge is 2.44. The summed E-state index contributed by atoms with van der Waals surface area (Å²) >= 11 is 0. The van der Waals surface area contributed by atoms with Gasteiger partial charge in [-0.25, -0.2) is 0 Å². The van der Waals surface area contributed by atoms with Crippen molar-refractivity contribution in [2.24, 2.45) is 11.3 Å². The maximum absolute atomic E-state index is 12.4. The molecule has 3 unspecified atom stereocenters. The van der Waals surface area contributed by atoms with Gasteiger partial charge < -0.3 is 10.2 Å². The average Bonchev–Trinajstić information content (AvgIpc) is 2.19. The Hall–Kier alpha value is -1.06. The fraction of sp³-hybridized carbons (Fsp3) is 0.857. The van der Waals surface area contributed by atoms with E-state index < -0.39 is 6.04 Å². The molecule has 0 bridgehead atoms. The minimum Gasteiger partial charge on any atom is -0.343 e. The first-order valence-corrected chi connectivity index (χ1v) is 6.70. The van der Waals surface area contributed by atoms with E-state index in [9.17, 15) is 9.59 Å². The van der Waals surface area contributed by atoms with Crippen molar-refractivity contribution in [2.75, 3.05) is 0 Å². The molecule has 0 aromatic rings. The molecule has 18 heavy (non-hydrogen) atoms. The van der Waals surface area contributed by atoms with Crippen molar-refractivity contribution in [2.45, 2.75) is 66.6 Å². The number of nitrogens with one attached hydrogen (secondary N) is 1. The Balaban J connectivity index is 3.14. The molecule has 0 saturated carbocycles. The zero-order valence-corrected chi connectivity index (χ0v) is 12.6. The molecule has 0 aromatic carbocycles. The van der Waals surface area contributed by atoms with E-state index in [1.165, 1.54) is 0 Å². The Morgan fingerprint density at radius 2 is 1.67 bits per heavy atom. The van der Waals surface area contributed by atoms with Gasteiger partial charge in [0.1, 0.15) is 12.1 Å². The van der Waals surface area contributed by atoms with Gasteiger partial charge in [0, 0.05) is 6.04 Å². The van der Waals surface area contributed by atoms with E-state index in [0.29, 0.717) is 0 Å². The molecule has 104 valence electrons. The molecule has 0 aromatic heterocycles. The third-order valence-electron chi connectivity index (χ3n) is 3.85. The predicted octanol–water partition coefficient (Wildman–Crippen LogP) is 1.79. The van der Waals surface area contributed by atoms with Crippen LogP contribution in [0.2, 0.25) is 0 Å². The second kappa shape index (κ2) is 4.90. The van der Waals surface area contributed by atoms with Crippen LogP contribution in [0.4, 0.5) is 0 Å². The third kappa shape index (κ3) is 2.68. The SMILES string of the molecule is CC1NC(=O)C(C(C)C)N(C(C)C(C)(C)C)C1=O. The van der Waals surface area contributed by atoms with E-state index in [2.05, 4.69) is 26.1 Å². The molecule has 1 fully saturated rings. The van der Waals surface area contributed by atoms with Crippen molar-refractivity contribution in [1.82, 2.24) is 10.2 Å². The van der Waals surface area contributed by atoms with Crippen LogP contribution in [0.15, 0.2) is 0 Å². The first-order valence-electron chi connectivity index (χ1n) is 6.70. The number of piperazine rings is 1. The minimum absolute atomic E-state index is 0.0238. The second-order valence-electron chi connectivity index (χ2n) is 6.71. The van der Waals surface area contributed by atoms with Crippen LogP contribution in [0, 0.1) is 11.3 Å². The third-order valence-corrected chi connectivity index (χ3v) is 3.85. The van der Waals surface area contributed by atoms with Gasteiger partial charge in [0.25, 0.3) is 0 Å². The molecule has 0 aliphatic carbocycles. The summed E-state index contributed by atoms with van der Waals surface area (Å²) in [6, 6.07) is -0.744. The predicted molar refractivity (Wildman–Crippen MR) is 72.0 cm³/mol. The monoisotopic (exact) mass is 254 g/mol. The molecule has 3 atom stereocenters. The summed E-state index contributed by atoms with van der Waals surface area (Å²) in [6.45, 7) is 14.0. The van der Waals surface area contributed by atoms with Crippen molar-refractivity contribution >= 4 is 11.8 Å². The Kier molecular flexibility index (Phi) is 4.08. The Morgan fingerprint density at radius 1 is 1.17 bits per heavy atom. The smallest absolute Gasteiger partial charge is 0.245 e.